The average Bonchev–Trinajstić information content (AvgIpc) is 2.72. The predicted molar refractivity (Wildman–Crippen MR) is 49.9 cm³/mol. The van der Waals surface area contributed by atoms with Crippen LogP contribution in [-0.2, 0) is 4.79 Å². The molecule has 2 fully saturated rings. The lowest BCUT2D eigenvalue weighted by atomic mass is 9.97. The lowest BCUT2D eigenvalue weighted by Crippen LogP contribution is -2.42. The summed E-state index contributed by atoms with van der Waals surface area (Å²) in [7, 11) is 0. The minimum Gasteiger partial charge on any atom is -0.316 e. The maximum absolute atomic E-state index is 11.9. The summed E-state index contributed by atoms with van der Waals surface area (Å²) in [6.07, 6.45) is 1.08. The SMILES string of the molecule is CC1CNCC1C(=O)N1CCCN1. The summed E-state index contributed by atoms with van der Waals surface area (Å²) in [4.78, 5) is 11.9. The van der Waals surface area contributed by atoms with Gasteiger partial charge in [-0.2, -0.15) is 0 Å². The molecule has 2 saturated heterocycles. The van der Waals surface area contributed by atoms with Crippen LogP contribution in [0.3, 0.4) is 0 Å². The summed E-state index contributed by atoms with van der Waals surface area (Å²) in [5.41, 5.74) is 3.11. The molecule has 0 spiro atoms. The molecule has 0 saturated carbocycles. The molecule has 13 heavy (non-hydrogen) atoms. The second kappa shape index (κ2) is 3.64. The molecule has 0 aliphatic carbocycles. The maximum Gasteiger partial charge on any atom is 0.241 e. The van der Waals surface area contributed by atoms with E-state index in [0.29, 0.717) is 5.92 Å². The van der Waals surface area contributed by atoms with Crippen molar-refractivity contribution < 1.29 is 4.79 Å². The molecule has 2 atom stereocenters. The van der Waals surface area contributed by atoms with Crippen molar-refractivity contribution in [2.45, 2.75) is 13.3 Å². The van der Waals surface area contributed by atoms with Gasteiger partial charge in [-0.05, 0) is 18.9 Å². The van der Waals surface area contributed by atoms with Crippen molar-refractivity contribution in [3.05, 3.63) is 0 Å². The van der Waals surface area contributed by atoms with Crippen molar-refractivity contribution in [1.29, 1.82) is 0 Å². The van der Waals surface area contributed by atoms with Crippen LogP contribution in [0.5, 0.6) is 0 Å². The van der Waals surface area contributed by atoms with Crippen LogP contribution in [0.2, 0.25) is 0 Å². The van der Waals surface area contributed by atoms with Crippen LogP contribution >= 0.6 is 0 Å². The van der Waals surface area contributed by atoms with E-state index in [2.05, 4.69) is 17.7 Å². The molecule has 0 aromatic rings. The van der Waals surface area contributed by atoms with Gasteiger partial charge in [0.15, 0.2) is 0 Å². The molecule has 2 N–H and O–H groups in total. The molecular weight excluding hydrogens is 166 g/mol. The van der Waals surface area contributed by atoms with Gasteiger partial charge >= 0.3 is 0 Å². The van der Waals surface area contributed by atoms with Gasteiger partial charge in [0.2, 0.25) is 5.91 Å². The highest BCUT2D eigenvalue weighted by Gasteiger charge is 2.33. The normalized spacial score (nSPS) is 34.1. The number of hydrazine groups is 1. The van der Waals surface area contributed by atoms with Crippen molar-refractivity contribution in [3.63, 3.8) is 0 Å². The molecule has 4 heteroatoms. The van der Waals surface area contributed by atoms with Gasteiger partial charge in [-0.3, -0.25) is 9.80 Å². The number of rotatable bonds is 1. The van der Waals surface area contributed by atoms with Crippen LogP contribution in [0.1, 0.15) is 13.3 Å². The summed E-state index contributed by atoms with van der Waals surface area (Å²) in [6.45, 7) is 5.78. The van der Waals surface area contributed by atoms with E-state index in [4.69, 9.17) is 0 Å². The van der Waals surface area contributed by atoms with Crippen LogP contribution < -0.4 is 10.7 Å². The van der Waals surface area contributed by atoms with Crippen LogP contribution in [0.4, 0.5) is 0 Å². The zero-order valence-electron chi connectivity index (χ0n) is 8.05. The third-order valence-corrected chi connectivity index (χ3v) is 2.96. The topological polar surface area (TPSA) is 44.4 Å². The number of nitrogens with one attached hydrogen (secondary N) is 2. The van der Waals surface area contributed by atoms with E-state index in [0.717, 1.165) is 32.6 Å². The number of amides is 1. The van der Waals surface area contributed by atoms with E-state index in [1.807, 2.05) is 0 Å². The van der Waals surface area contributed by atoms with Gasteiger partial charge in [0, 0.05) is 19.6 Å². The molecule has 2 rings (SSSR count). The number of carbonyl (C=O) groups excluding carboxylic acids is 1. The standard InChI is InChI=1S/C9H17N3O/c1-7-5-10-6-8(7)9(13)12-4-2-3-11-12/h7-8,10-11H,2-6H2,1H3. The summed E-state index contributed by atoms with van der Waals surface area (Å²) in [6, 6.07) is 0. The highest BCUT2D eigenvalue weighted by molar-refractivity contribution is 5.79. The number of hydrogen-bond donors (Lipinski definition) is 2. The number of nitrogens with zero attached hydrogens (tertiary/aromatic N) is 1. The Hall–Kier alpha value is -0.610. The second-order valence-corrected chi connectivity index (χ2v) is 3.99. The van der Waals surface area contributed by atoms with Crippen LogP contribution in [0.15, 0.2) is 0 Å². The molecule has 2 aliphatic heterocycles. The van der Waals surface area contributed by atoms with Crippen LogP contribution in [0, 0.1) is 11.8 Å². The van der Waals surface area contributed by atoms with Gasteiger partial charge in [0.1, 0.15) is 0 Å². The maximum atomic E-state index is 11.9. The Balaban J connectivity index is 1.95. The Morgan fingerprint density at radius 2 is 2.31 bits per heavy atom. The second-order valence-electron chi connectivity index (χ2n) is 3.99. The van der Waals surface area contributed by atoms with Gasteiger partial charge in [-0.1, -0.05) is 6.92 Å². The molecule has 1 amide bonds. The Bertz CT molecular complexity index is 201. The quantitative estimate of drug-likeness (QED) is 0.580. The Morgan fingerprint density at radius 1 is 1.46 bits per heavy atom. The monoisotopic (exact) mass is 183 g/mol. The number of carbonyl (C=O) groups is 1. The number of hydrogen-bond acceptors (Lipinski definition) is 3. The van der Waals surface area contributed by atoms with Crippen molar-refractivity contribution >= 4 is 5.91 Å². The molecule has 0 bridgehead atoms. The first-order valence-corrected chi connectivity index (χ1v) is 5.04. The third kappa shape index (κ3) is 1.69. The largest absolute Gasteiger partial charge is 0.316 e. The molecule has 4 nitrogen and oxygen atoms in total. The van der Waals surface area contributed by atoms with Gasteiger partial charge in [0.05, 0.1) is 5.92 Å². The van der Waals surface area contributed by atoms with Crippen molar-refractivity contribution in [2.75, 3.05) is 26.2 Å². The zero-order valence-corrected chi connectivity index (χ0v) is 8.05. The third-order valence-electron chi connectivity index (χ3n) is 2.96. The van der Waals surface area contributed by atoms with E-state index in [9.17, 15) is 4.79 Å². The molecule has 0 aromatic carbocycles. The summed E-state index contributed by atoms with van der Waals surface area (Å²) < 4.78 is 0. The van der Waals surface area contributed by atoms with Crippen LogP contribution in [0.25, 0.3) is 0 Å². The van der Waals surface area contributed by atoms with Gasteiger partial charge in [0.25, 0.3) is 0 Å². The molecule has 2 aliphatic rings. The van der Waals surface area contributed by atoms with E-state index >= 15 is 0 Å². The first kappa shape index (κ1) is 8.97. The molecule has 2 unspecified atom stereocenters. The highest BCUT2D eigenvalue weighted by Crippen LogP contribution is 2.18. The smallest absolute Gasteiger partial charge is 0.241 e. The van der Waals surface area contributed by atoms with E-state index in [1.54, 1.807) is 5.01 Å². The summed E-state index contributed by atoms with van der Waals surface area (Å²) >= 11 is 0. The zero-order chi connectivity index (χ0) is 9.26. The lowest BCUT2D eigenvalue weighted by Gasteiger charge is -2.21. The van der Waals surface area contributed by atoms with Crippen molar-refractivity contribution in [1.82, 2.24) is 15.8 Å². The molecule has 0 aromatic heterocycles. The van der Waals surface area contributed by atoms with Gasteiger partial charge < -0.3 is 5.32 Å². The minimum atomic E-state index is 0.186. The Labute approximate surface area is 78.6 Å². The fraction of sp³-hybridized carbons (Fsp3) is 0.889. The van der Waals surface area contributed by atoms with Crippen molar-refractivity contribution in [3.8, 4) is 0 Å². The highest BCUT2D eigenvalue weighted by atomic mass is 16.2. The van der Waals surface area contributed by atoms with E-state index in [-0.39, 0.29) is 11.8 Å². The summed E-state index contributed by atoms with van der Waals surface area (Å²) in [5, 5.41) is 5.04. The fourth-order valence-corrected chi connectivity index (χ4v) is 2.06. The molecular formula is C9H17N3O. The first-order chi connectivity index (χ1) is 6.29. The van der Waals surface area contributed by atoms with E-state index < -0.39 is 0 Å². The molecule has 2 heterocycles. The van der Waals surface area contributed by atoms with Crippen LogP contribution in [-0.4, -0.2) is 37.1 Å². The van der Waals surface area contributed by atoms with Crippen molar-refractivity contribution in [2.24, 2.45) is 11.8 Å². The Morgan fingerprint density at radius 3 is 2.85 bits per heavy atom. The lowest BCUT2D eigenvalue weighted by molar-refractivity contribution is -0.137. The molecule has 74 valence electrons. The molecule has 0 radical (unpaired) electrons. The predicted octanol–water partition coefficient (Wildman–Crippen LogP) is -0.421. The Kier molecular flexibility index (Phi) is 2.51. The minimum absolute atomic E-state index is 0.186. The summed E-state index contributed by atoms with van der Waals surface area (Å²) in [5.74, 6) is 0.940. The van der Waals surface area contributed by atoms with Gasteiger partial charge in [-0.25, -0.2) is 5.43 Å². The average molecular weight is 183 g/mol. The fourth-order valence-electron chi connectivity index (χ4n) is 2.06. The van der Waals surface area contributed by atoms with E-state index in [1.165, 1.54) is 0 Å². The van der Waals surface area contributed by atoms with Gasteiger partial charge in [-0.15, -0.1) is 0 Å². The first-order valence-electron chi connectivity index (χ1n) is 5.04.